The van der Waals surface area contributed by atoms with Gasteiger partial charge in [0.2, 0.25) is 0 Å². The number of aromatic nitrogens is 2. The van der Waals surface area contributed by atoms with E-state index in [1.807, 2.05) is 18.2 Å². The molecule has 0 spiro atoms. The van der Waals surface area contributed by atoms with Crippen LogP contribution in [0.1, 0.15) is 28.8 Å². The number of hydrogen-bond donors (Lipinski definition) is 2. The molecule has 150 valence electrons. The van der Waals surface area contributed by atoms with Gasteiger partial charge >= 0.3 is 0 Å². The third-order valence-corrected chi connectivity index (χ3v) is 5.89. The molecule has 2 aromatic carbocycles. The third kappa shape index (κ3) is 3.99. The molecule has 1 aromatic heterocycles. The van der Waals surface area contributed by atoms with Gasteiger partial charge in [-0.1, -0.05) is 29.8 Å². The van der Waals surface area contributed by atoms with Crippen molar-refractivity contribution in [3.8, 4) is 0 Å². The van der Waals surface area contributed by atoms with Crippen LogP contribution in [0.4, 0.5) is 0 Å². The predicted octanol–water partition coefficient (Wildman–Crippen LogP) is 3.36. The van der Waals surface area contributed by atoms with Crippen LogP contribution in [-0.4, -0.2) is 44.7 Å². The van der Waals surface area contributed by atoms with E-state index in [0.29, 0.717) is 41.0 Å². The summed E-state index contributed by atoms with van der Waals surface area (Å²) in [5.74, 6) is -0.162. The zero-order valence-corrected chi connectivity index (χ0v) is 17.2. The topological polar surface area (TPSA) is 78.3 Å². The van der Waals surface area contributed by atoms with Crippen molar-refractivity contribution in [1.29, 1.82) is 0 Å². The molecule has 1 amide bonds. The zero-order valence-electron chi connectivity index (χ0n) is 15.6. The van der Waals surface area contributed by atoms with Crippen molar-refractivity contribution in [2.24, 2.45) is 0 Å². The third-order valence-electron chi connectivity index (χ3n) is 5.20. The van der Waals surface area contributed by atoms with E-state index in [9.17, 15) is 14.7 Å². The fourth-order valence-electron chi connectivity index (χ4n) is 3.65. The summed E-state index contributed by atoms with van der Waals surface area (Å²) < 4.78 is 1.72. The van der Waals surface area contributed by atoms with E-state index < -0.39 is 6.10 Å². The number of halogens is 1. The Hall–Kier alpha value is -2.48. The van der Waals surface area contributed by atoms with Gasteiger partial charge < -0.3 is 15.0 Å². The molecule has 4 rings (SSSR count). The first-order valence-corrected chi connectivity index (χ1v) is 10.2. The number of carbonyl (C=O) groups is 1. The van der Waals surface area contributed by atoms with Crippen LogP contribution in [0, 0.1) is 4.77 Å². The molecule has 0 aliphatic carbocycles. The fourth-order valence-corrected chi connectivity index (χ4v) is 4.10. The van der Waals surface area contributed by atoms with Crippen LogP contribution in [0.2, 0.25) is 5.02 Å². The Morgan fingerprint density at radius 1 is 1.28 bits per heavy atom. The Morgan fingerprint density at radius 2 is 2.07 bits per heavy atom. The van der Waals surface area contributed by atoms with Crippen LogP contribution in [0.3, 0.4) is 0 Å². The van der Waals surface area contributed by atoms with Gasteiger partial charge in [0, 0.05) is 23.7 Å². The number of nitrogens with one attached hydrogen (secondary N) is 1. The van der Waals surface area contributed by atoms with Crippen molar-refractivity contribution in [3.63, 3.8) is 0 Å². The van der Waals surface area contributed by atoms with Crippen LogP contribution >= 0.6 is 23.8 Å². The fraction of sp³-hybridized carbons (Fsp3) is 0.286. The quantitative estimate of drug-likeness (QED) is 0.626. The van der Waals surface area contributed by atoms with Gasteiger partial charge in [-0.15, -0.1) is 0 Å². The second-order valence-corrected chi connectivity index (χ2v) is 8.01. The molecule has 8 heteroatoms. The number of benzene rings is 2. The number of likely N-dealkylation sites (tertiary alicyclic amines) is 1. The van der Waals surface area contributed by atoms with Crippen LogP contribution in [0.15, 0.2) is 47.3 Å². The summed E-state index contributed by atoms with van der Waals surface area (Å²) in [7, 11) is 0. The molecule has 0 radical (unpaired) electrons. The summed E-state index contributed by atoms with van der Waals surface area (Å²) in [5.41, 5.74) is 1.53. The summed E-state index contributed by atoms with van der Waals surface area (Å²) in [5, 5.41) is 10.8. The van der Waals surface area contributed by atoms with Crippen LogP contribution in [0.25, 0.3) is 10.9 Å². The number of fused-ring (bicyclic) bond motifs is 1. The molecule has 1 saturated heterocycles. The van der Waals surface area contributed by atoms with Gasteiger partial charge in [-0.05, 0) is 54.9 Å². The molecule has 2 heterocycles. The first-order chi connectivity index (χ1) is 13.9. The summed E-state index contributed by atoms with van der Waals surface area (Å²) in [4.78, 5) is 30.5. The predicted molar refractivity (Wildman–Crippen MR) is 115 cm³/mol. The molecule has 29 heavy (non-hydrogen) atoms. The second-order valence-electron chi connectivity index (χ2n) is 7.22. The lowest BCUT2D eigenvalue weighted by molar-refractivity contribution is 0.0474. The standard InChI is InChI=1S/C21H20ClN3O3S/c22-17-6-2-1-4-14(17)11-25-20(28)16-8-7-13(10-18(16)23-21(25)29)19(27)24-9-3-5-15(26)12-24/h1-2,4,6-8,10,15,26H,3,5,9,11-12H2,(H,23,29). The molecule has 1 aliphatic rings. The van der Waals surface area contributed by atoms with E-state index >= 15 is 0 Å². The number of rotatable bonds is 3. The number of carbonyl (C=O) groups excluding carboxylic acids is 1. The van der Waals surface area contributed by atoms with Gasteiger partial charge in [-0.3, -0.25) is 14.2 Å². The van der Waals surface area contributed by atoms with Gasteiger partial charge in [0.15, 0.2) is 4.77 Å². The van der Waals surface area contributed by atoms with Gasteiger partial charge in [-0.25, -0.2) is 0 Å². The monoisotopic (exact) mass is 429 g/mol. The normalized spacial score (nSPS) is 16.9. The van der Waals surface area contributed by atoms with Gasteiger partial charge in [-0.2, -0.15) is 0 Å². The van der Waals surface area contributed by atoms with Crippen molar-refractivity contribution < 1.29 is 9.90 Å². The largest absolute Gasteiger partial charge is 0.391 e. The summed E-state index contributed by atoms with van der Waals surface area (Å²) in [6.45, 7) is 1.20. The smallest absolute Gasteiger partial charge is 0.262 e. The van der Waals surface area contributed by atoms with Gasteiger partial charge in [0.25, 0.3) is 11.5 Å². The number of hydrogen-bond acceptors (Lipinski definition) is 4. The number of aromatic amines is 1. The van der Waals surface area contributed by atoms with Crippen molar-refractivity contribution in [1.82, 2.24) is 14.5 Å². The van der Waals surface area contributed by atoms with Crippen molar-refractivity contribution in [2.45, 2.75) is 25.5 Å². The van der Waals surface area contributed by atoms with Crippen molar-refractivity contribution in [3.05, 3.63) is 73.7 Å². The lowest BCUT2D eigenvalue weighted by Crippen LogP contribution is -2.42. The highest BCUT2D eigenvalue weighted by Gasteiger charge is 2.23. The van der Waals surface area contributed by atoms with E-state index in [-0.39, 0.29) is 22.8 Å². The molecule has 1 aliphatic heterocycles. The molecular weight excluding hydrogens is 410 g/mol. The number of aliphatic hydroxyl groups excluding tert-OH is 1. The van der Waals surface area contributed by atoms with E-state index in [1.165, 1.54) is 4.57 Å². The maximum atomic E-state index is 13.0. The highest BCUT2D eigenvalue weighted by Crippen LogP contribution is 2.18. The van der Waals surface area contributed by atoms with E-state index in [0.717, 1.165) is 12.0 Å². The number of H-pyrrole nitrogens is 1. The number of nitrogens with zero attached hydrogens (tertiary/aromatic N) is 2. The maximum absolute atomic E-state index is 13.0. The molecule has 0 saturated carbocycles. The Morgan fingerprint density at radius 3 is 2.83 bits per heavy atom. The highest BCUT2D eigenvalue weighted by molar-refractivity contribution is 7.71. The molecule has 6 nitrogen and oxygen atoms in total. The number of amides is 1. The summed E-state index contributed by atoms with van der Waals surface area (Å²) in [6, 6.07) is 12.2. The molecular formula is C21H20ClN3O3S. The lowest BCUT2D eigenvalue weighted by Gasteiger charge is -2.30. The zero-order chi connectivity index (χ0) is 20.5. The Balaban J connectivity index is 1.70. The van der Waals surface area contributed by atoms with E-state index in [2.05, 4.69) is 4.98 Å². The SMILES string of the molecule is O=C(c1ccc2c(=O)n(Cc3ccccc3Cl)c(=S)[nH]c2c1)N1CCCC(O)C1. The van der Waals surface area contributed by atoms with Gasteiger partial charge in [0.1, 0.15) is 0 Å². The van der Waals surface area contributed by atoms with E-state index in [1.54, 1.807) is 29.2 Å². The molecule has 3 aromatic rings. The average molecular weight is 430 g/mol. The Kier molecular flexibility index (Phi) is 5.54. The Bertz CT molecular complexity index is 1200. The highest BCUT2D eigenvalue weighted by atomic mass is 35.5. The average Bonchev–Trinajstić information content (AvgIpc) is 2.71. The van der Waals surface area contributed by atoms with Gasteiger partial charge in [0.05, 0.1) is 23.6 Å². The van der Waals surface area contributed by atoms with Crippen LogP contribution < -0.4 is 5.56 Å². The first kappa shape index (κ1) is 19.8. The molecule has 1 fully saturated rings. The molecule has 0 bridgehead atoms. The number of β-amino-alcohol motifs (C(OH)–C–C–N with tert-alkyl or cyclic N) is 1. The molecule has 1 atom stereocenters. The summed E-state index contributed by atoms with van der Waals surface area (Å²) in [6.07, 6.45) is 0.992. The Labute approximate surface area is 177 Å². The molecule has 1 unspecified atom stereocenters. The van der Waals surface area contributed by atoms with Crippen molar-refractivity contribution in [2.75, 3.05) is 13.1 Å². The maximum Gasteiger partial charge on any atom is 0.262 e. The minimum absolute atomic E-state index is 0.162. The number of piperidine rings is 1. The van der Waals surface area contributed by atoms with Crippen molar-refractivity contribution >= 4 is 40.6 Å². The van der Waals surface area contributed by atoms with Crippen LogP contribution in [-0.2, 0) is 6.54 Å². The summed E-state index contributed by atoms with van der Waals surface area (Å²) >= 11 is 11.6. The second kappa shape index (κ2) is 8.10. The lowest BCUT2D eigenvalue weighted by atomic mass is 10.1. The minimum atomic E-state index is -0.490. The molecule has 2 N–H and O–H groups in total. The first-order valence-electron chi connectivity index (χ1n) is 9.41. The number of aliphatic hydroxyl groups is 1. The van der Waals surface area contributed by atoms with E-state index in [4.69, 9.17) is 23.8 Å². The van der Waals surface area contributed by atoms with Crippen LogP contribution in [0.5, 0.6) is 0 Å². The minimum Gasteiger partial charge on any atom is -0.391 e.